The summed E-state index contributed by atoms with van der Waals surface area (Å²) in [5.74, 6) is 3.35. The van der Waals surface area contributed by atoms with Gasteiger partial charge in [-0.05, 0) is 76.7 Å². The molecule has 1 heteroatoms. The van der Waals surface area contributed by atoms with Gasteiger partial charge < -0.3 is 0 Å². The zero-order valence-electron chi connectivity index (χ0n) is 16.4. The highest BCUT2D eigenvalue weighted by Crippen LogP contribution is 2.25. The van der Waals surface area contributed by atoms with E-state index in [9.17, 15) is 0 Å². The molecule has 0 fully saturated rings. The quantitative estimate of drug-likeness (QED) is 0.437. The van der Waals surface area contributed by atoms with Crippen LogP contribution in [0.2, 0.25) is 0 Å². The second-order valence-corrected chi connectivity index (χ2v) is 8.72. The molecule has 0 saturated heterocycles. The second kappa shape index (κ2) is 10.6. The van der Waals surface area contributed by atoms with Crippen molar-refractivity contribution in [3.8, 4) is 0 Å². The highest BCUT2D eigenvalue weighted by atomic mass is 15.2. The summed E-state index contributed by atoms with van der Waals surface area (Å²) in [5, 5.41) is 0. The first kappa shape index (κ1) is 21.0. The summed E-state index contributed by atoms with van der Waals surface area (Å²) in [6.45, 7) is 22.6. The molecule has 0 N–H and O–H groups in total. The Bertz CT molecular complexity index is 232. The van der Waals surface area contributed by atoms with E-state index in [4.69, 9.17) is 0 Å². The monoisotopic (exact) mass is 297 g/mol. The van der Waals surface area contributed by atoms with Gasteiger partial charge in [-0.25, -0.2) is 0 Å². The Morgan fingerprint density at radius 3 is 1.38 bits per heavy atom. The molecule has 0 aromatic heterocycles. The molecule has 128 valence electrons. The maximum atomic E-state index is 2.73. The minimum absolute atomic E-state index is 0.664. The SMILES string of the molecule is CC(C)CC(CCN(C(C)C)C(C)CC(C)C)CC(C)C. The van der Waals surface area contributed by atoms with Crippen LogP contribution < -0.4 is 0 Å². The van der Waals surface area contributed by atoms with Gasteiger partial charge in [-0.3, -0.25) is 4.90 Å². The van der Waals surface area contributed by atoms with Crippen LogP contribution in [-0.2, 0) is 0 Å². The molecule has 0 spiro atoms. The topological polar surface area (TPSA) is 3.24 Å². The van der Waals surface area contributed by atoms with Crippen LogP contribution in [0.5, 0.6) is 0 Å². The molecule has 0 amide bonds. The molecule has 0 rings (SSSR count). The predicted octanol–water partition coefficient (Wildman–Crippen LogP) is 6.23. The van der Waals surface area contributed by atoms with E-state index in [1.807, 2.05) is 0 Å². The first-order chi connectivity index (χ1) is 9.63. The zero-order valence-corrected chi connectivity index (χ0v) is 16.4. The van der Waals surface area contributed by atoms with Crippen molar-refractivity contribution in [2.75, 3.05) is 6.54 Å². The van der Waals surface area contributed by atoms with Gasteiger partial charge in [-0.1, -0.05) is 41.5 Å². The Morgan fingerprint density at radius 2 is 1.05 bits per heavy atom. The van der Waals surface area contributed by atoms with Crippen molar-refractivity contribution in [3.63, 3.8) is 0 Å². The fraction of sp³-hybridized carbons (Fsp3) is 1.00. The van der Waals surface area contributed by atoms with E-state index in [1.54, 1.807) is 0 Å². The van der Waals surface area contributed by atoms with Crippen LogP contribution in [-0.4, -0.2) is 23.5 Å². The maximum absolute atomic E-state index is 2.73. The van der Waals surface area contributed by atoms with Gasteiger partial charge in [-0.2, -0.15) is 0 Å². The minimum atomic E-state index is 0.664. The van der Waals surface area contributed by atoms with Gasteiger partial charge in [-0.15, -0.1) is 0 Å². The van der Waals surface area contributed by atoms with E-state index >= 15 is 0 Å². The number of rotatable bonds is 11. The van der Waals surface area contributed by atoms with E-state index in [2.05, 4.69) is 67.2 Å². The van der Waals surface area contributed by atoms with Crippen LogP contribution in [0.1, 0.15) is 88.0 Å². The predicted molar refractivity (Wildman–Crippen MR) is 97.8 cm³/mol. The molecule has 0 aromatic rings. The molecule has 0 bridgehead atoms. The molecule has 0 aliphatic carbocycles. The number of hydrogen-bond donors (Lipinski definition) is 0. The third-order valence-corrected chi connectivity index (χ3v) is 4.45. The molecule has 0 radical (unpaired) electrons. The van der Waals surface area contributed by atoms with Gasteiger partial charge in [0.25, 0.3) is 0 Å². The molecule has 0 aliphatic heterocycles. The smallest absolute Gasteiger partial charge is 0.00720 e. The van der Waals surface area contributed by atoms with Crippen molar-refractivity contribution in [1.82, 2.24) is 4.90 Å². The molecule has 0 aliphatic rings. The van der Waals surface area contributed by atoms with Crippen molar-refractivity contribution >= 4 is 0 Å². The summed E-state index contributed by atoms with van der Waals surface area (Å²) in [6, 6.07) is 1.38. The average Bonchev–Trinajstić information content (AvgIpc) is 2.25. The fourth-order valence-corrected chi connectivity index (χ4v) is 3.80. The summed E-state index contributed by atoms with van der Waals surface area (Å²) in [7, 11) is 0. The van der Waals surface area contributed by atoms with Gasteiger partial charge in [0.1, 0.15) is 0 Å². The van der Waals surface area contributed by atoms with Crippen LogP contribution >= 0.6 is 0 Å². The lowest BCUT2D eigenvalue weighted by Crippen LogP contribution is -2.40. The van der Waals surface area contributed by atoms with Crippen LogP contribution in [0.15, 0.2) is 0 Å². The second-order valence-electron chi connectivity index (χ2n) is 8.72. The third-order valence-electron chi connectivity index (χ3n) is 4.45. The summed E-state index contributed by atoms with van der Waals surface area (Å²) < 4.78 is 0. The van der Waals surface area contributed by atoms with Crippen molar-refractivity contribution < 1.29 is 0 Å². The van der Waals surface area contributed by atoms with E-state index in [0.29, 0.717) is 12.1 Å². The summed E-state index contributed by atoms with van der Waals surface area (Å²) in [6.07, 6.45) is 5.47. The van der Waals surface area contributed by atoms with Crippen LogP contribution in [0, 0.1) is 23.7 Å². The normalized spacial score (nSPS) is 14.4. The average molecular weight is 298 g/mol. The van der Waals surface area contributed by atoms with E-state index in [0.717, 1.165) is 23.7 Å². The molecule has 0 aromatic carbocycles. The highest BCUT2D eigenvalue weighted by Gasteiger charge is 2.20. The van der Waals surface area contributed by atoms with Crippen molar-refractivity contribution in [2.24, 2.45) is 23.7 Å². The van der Waals surface area contributed by atoms with Crippen molar-refractivity contribution in [1.29, 1.82) is 0 Å². The third kappa shape index (κ3) is 10.3. The molecule has 1 atom stereocenters. The molecule has 1 nitrogen and oxygen atoms in total. The lowest BCUT2D eigenvalue weighted by Gasteiger charge is -2.35. The highest BCUT2D eigenvalue weighted by molar-refractivity contribution is 4.75. The summed E-state index contributed by atoms with van der Waals surface area (Å²) >= 11 is 0. The first-order valence-electron chi connectivity index (χ1n) is 9.39. The van der Waals surface area contributed by atoms with Gasteiger partial charge in [0.05, 0.1) is 0 Å². The molecule has 0 heterocycles. The van der Waals surface area contributed by atoms with Gasteiger partial charge in [0.15, 0.2) is 0 Å². The van der Waals surface area contributed by atoms with E-state index < -0.39 is 0 Å². The Balaban J connectivity index is 4.53. The minimum Gasteiger partial charge on any atom is -0.298 e. The lowest BCUT2D eigenvalue weighted by molar-refractivity contribution is 0.130. The molecular weight excluding hydrogens is 254 g/mol. The molecule has 21 heavy (non-hydrogen) atoms. The largest absolute Gasteiger partial charge is 0.298 e. The molecule has 0 saturated carbocycles. The van der Waals surface area contributed by atoms with Gasteiger partial charge in [0.2, 0.25) is 0 Å². The standard InChI is InChI=1S/C20H43N/c1-15(2)12-19(9)21(18(7)8)11-10-20(13-16(3)4)14-17(5)6/h15-20H,10-14H2,1-9H3. The Hall–Kier alpha value is -0.0400. The lowest BCUT2D eigenvalue weighted by atomic mass is 9.86. The maximum Gasteiger partial charge on any atom is 0.00720 e. The van der Waals surface area contributed by atoms with Crippen LogP contribution in [0.25, 0.3) is 0 Å². The fourth-order valence-electron chi connectivity index (χ4n) is 3.80. The Kier molecular flexibility index (Phi) is 10.6. The van der Waals surface area contributed by atoms with Gasteiger partial charge in [0, 0.05) is 12.1 Å². The van der Waals surface area contributed by atoms with Crippen LogP contribution in [0.4, 0.5) is 0 Å². The van der Waals surface area contributed by atoms with E-state index in [-0.39, 0.29) is 0 Å². The summed E-state index contributed by atoms with van der Waals surface area (Å²) in [4.78, 5) is 2.73. The number of hydrogen-bond acceptors (Lipinski definition) is 1. The molecular formula is C20H43N. The van der Waals surface area contributed by atoms with Crippen LogP contribution in [0.3, 0.4) is 0 Å². The molecule has 1 unspecified atom stereocenters. The summed E-state index contributed by atoms with van der Waals surface area (Å²) in [5.41, 5.74) is 0. The Morgan fingerprint density at radius 1 is 0.619 bits per heavy atom. The zero-order chi connectivity index (χ0) is 16.6. The van der Waals surface area contributed by atoms with Crippen molar-refractivity contribution in [2.45, 2.75) is 100 Å². The van der Waals surface area contributed by atoms with Crippen molar-refractivity contribution in [3.05, 3.63) is 0 Å². The Labute approximate surface area is 135 Å². The van der Waals surface area contributed by atoms with Gasteiger partial charge >= 0.3 is 0 Å². The number of nitrogens with zero attached hydrogens (tertiary/aromatic N) is 1. The first-order valence-corrected chi connectivity index (χ1v) is 9.39. The van der Waals surface area contributed by atoms with E-state index in [1.165, 1.54) is 32.2 Å².